The smallest absolute Gasteiger partial charge is 0.201 e. The van der Waals surface area contributed by atoms with Crippen molar-refractivity contribution in [2.75, 3.05) is 19.8 Å². The van der Waals surface area contributed by atoms with E-state index in [0.29, 0.717) is 41.4 Å². The summed E-state index contributed by atoms with van der Waals surface area (Å²) in [6, 6.07) is 14.3. The minimum absolute atomic E-state index is 0.0764. The molecule has 1 aliphatic rings. The van der Waals surface area contributed by atoms with E-state index in [9.17, 15) is 13.2 Å². The summed E-state index contributed by atoms with van der Waals surface area (Å²) in [6.07, 6.45) is 1.85. The Labute approximate surface area is 192 Å². The minimum Gasteiger partial charge on any atom is -0.486 e. The van der Waals surface area contributed by atoms with E-state index < -0.39 is 23.7 Å². The zero-order valence-electron chi connectivity index (χ0n) is 18.3. The molecule has 0 spiro atoms. The number of rotatable bonds is 7. The molecule has 0 aliphatic carbocycles. The molecule has 33 heavy (non-hydrogen) atoms. The number of hydrogen-bond acceptors (Lipinski definition) is 3. The SMILES string of the molecule is BCC1COC(c2ccc(-c3ccc(-c4ccc(OCC=C)c(F)c4F)cc3)c(F)c2)OC1. The van der Waals surface area contributed by atoms with E-state index in [0.717, 1.165) is 6.32 Å². The lowest BCUT2D eigenvalue weighted by Crippen LogP contribution is -2.26. The zero-order chi connectivity index (χ0) is 23.4. The van der Waals surface area contributed by atoms with Crippen LogP contribution in [0.3, 0.4) is 0 Å². The molecule has 0 aromatic heterocycles. The molecule has 1 aliphatic heterocycles. The Morgan fingerprint density at radius 1 is 0.909 bits per heavy atom. The van der Waals surface area contributed by atoms with Crippen LogP contribution in [0.25, 0.3) is 22.3 Å². The summed E-state index contributed by atoms with van der Waals surface area (Å²) in [7, 11) is 2.08. The highest BCUT2D eigenvalue weighted by Crippen LogP contribution is 2.33. The highest BCUT2D eigenvalue weighted by Gasteiger charge is 2.23. The average molecular weight is 452 g/mol. The van der Waals surface area contributed by atoms with Crippen molar-refractivity contribution in [2.24, 2.45) is 5.92 Å². The molecule has 0 radical (unpaired) electrons. The molecule has 0 N–H and O–H groups in total. The Morgan fingerprint density at radius 3 is 2.15 bits per heavy atom. The molecular weight excluding hydrogens is 428 g/mol. The lowest BCUT2D eigenvalue weighted by molar-refractivity contribution is -0.202. The van der Waals surface area contributed by atoms with Crippen LogP contribution in [0.2, 0.25) is 6.32 Å². The minimum atomic E-state index is -1.06. The van der Waals surface area contributed by atoms with Gasteiger partial charge in [-0.25, -0.2) is 8.78 Å². The number of benzene rings is 3. The van der Waals surface area contributed by atoms with Gasteiger partial charge in [0.25, 0.3) is 0 Å². The van der Waals surface area contributed by atoms with Crippen molar-refractivity contribution in [3.63, 3.8) is 0 Å². The maximum absolute atomic E-state index is 14.9. The highest BCUT2D eigenvalue weighted by molar-refractivity contribution is 6.08. The molecule has 3 aromatic carbocycles. The molecule has 4 rings (SSSR count). The molecule has 1 fully saturated rings. The molecule has 3 aromatic rings. The third kappa shape index (κ3) is 4.99. The molecule has 0 unspecified atom stereocenters. The summed E-state index contributed by atoms with van der Waals surface area (Å²) in [5.41, 5.74) is 2.20. The third-order valence-corrected chi connectivity index (χ3v) is 5.72. The summed E-state index contributed by atoms with van der Waals surface area (Å²) < 4.78 is 60.3. The first-order valence-corrected chi connectivity index (χ1v) is 10.9. The molecule has 0 amide bonds. The molecular formula is C26H24BF3O3. The van der Waals surface area contributed by atoms with Gasteiger partial charge in [0.1, 0.15) is 20.3 Å². The van der Waals surface area contributed by atoms with Gasteiger partial charge in [-0.2, -0.15) is 4.39 Å². The molecule has 7 heteroatoms. The summed E-state index contributed by atoms with van der Waals surface area (Å²) >= 11 is 0. The molecule has 0 atom stereocenters. The topological polar surface area (TPSA) is 27.7 Å². The van der Waals surface area contributed by atoms with E-state index in [2.05, 4.69) is 14.4 Å². The van der Waals surface area contributed by atoms with Gasteiger partial charge in [-0.05, 0) is 35.2 Å². The van der Waals surface area contributed by atoms with E-state index in [1.807, 2.05) is 0 Å². The van der Waals surface area contributed by atoms with Gasteiger partial charge < -0.3 is 14.2 Å². The van der Waals surface area contributed by atoms with E-state index in [-0.39, 0.29) is 17.9 Å². The van der Waals surface area contributed by atoms with E-state index in [1.165, 1.54) is 24.3 Å². The van der Waals surface area contributed by atoms with Crippen molar-refractivity contribution in [1.82, 2.24) is 0 Å². The zero-order valence-corrected chi connectivity index (χ0v) is 18.3. The Balaban J connectivity index is 1.53. The van der Waals surface area contributed by atoms with Crippen LogP contribution < -0.4 is 4.74 Å². The fraction of sp³-hybridized carbons (Fsp3) is 0.231. The van der Waals surface area contributed by atoms with Gasteiger partial charge in [-0.15, -0.1) is 0 Å². The van der Waals surface area contributed by atoms with Crippen molar-refractivity contribution in [3.05, 3.63) is 90.3 Å². The molecule has 1 saturated heterocycles. The largest absolute Gasteiger partial charge is 0.486 e. The van der Waals surface area contributed by atoms with Crippen LogP contribution in [0, 0.1) is 23.4 Å². The first kappa shape index (κ1) is 23.1. The van der Waals surface area contributed by atoms with Crippen LogP contribution in [0.4, 0.5) is 13.2 Å². The molecule has 3 nitrogen and oxygen atoms in total. The standard InChI is InChI=1S/C26H24BF3O3/c1-2-11-31-23-10-9-21(24(29)25(23)30)18-5-3-17(4-6-18)20-8-7-19(12-22(20)28)26-32-14-16(13-27)15-33-26/h2-10,12,16,26H,1,11,13-15,27H2. The van der Waals surface area contributed by atoms with Gasteiger partial charge in [0.05, 0.1) is 13.2 Å². The van der Waals surface area contributed by atoms with E-state index >= 15 is 0 Å². The van der Waals surface area contributed by atoms with Crippen molar-refractivity contribution in [2.45, 2.75) is 12.6 Å². The fourth-order valence-electron chi connectivity index (χ4n) is 3.73. The lowest BCUT2D eigenvalue weighted by Gasteiger charge is -2.29. The first-order chi connectivity index (χ1) is 16.0. The Hall–Kier alpha value is -3.03. The number of hydrogen-bond donors (Lipinski definition) is 0. The molecule has 0 saturated carbocycles. The van der Waals surface area contributed by atoms with E-state index in [1.54, 1.807) is 36.4 Å². The van der Waals surface area contributed by atoms with Crippen LogP contribution in [0.5, 0.6) is 5.75 Å². The van der Waals surface area contributed by atoms with Crippen molar-refractivity contribution in [1.29, 1.82) is 0 Å². The maximum Gasteiger partial charge on any atom is 0.201 e. The number of halogens is 3. The normalized spacial score (nSPS) is 18.2. The van der Waals surface area contributed by atoms with E-state index in [4.69, 9.17) is 14.2 Å². The Morgan fingerprint density at radius 2 is 1.55 bits per heavy atom. The summed E-state index contributed by atoms with van der Waals surface area (Å²) in [6.45, 7) is 4.74. The summed E-state index contributed by atoms with van der Waals surface area (Å²) in [5.74, 6) is -2.29. The van der Waals surface area contributed by atoms with Gasteiger partial charge in [0.2, 0.25) is 5.82 Å². The Kier molecular flexibility index (Phi) is 7.21. The predicted octanol–water partition coefficient (Wildman–Crippen LogP) is 5.72. The second kappa shape index (κ2) is 10.3. The van der Waals surface area contributed by atoms with Gasteiger partial charge in [-0.3, -0.25) is 0 Å². The monoisotopic (exact) mass is 452 g/mol. The fourth-order valence-corrected chi connectivity index (χ4v) is 3.73. The first-order valence-electron chi connectivity index (χ1n) is 10.9. The van der Waals surface area contributed by atoms with Crippen molar-refractivity contribution >= 4 is 7.85 Å². The Bertz CT molecular complexity index is 1130. The summed E-state index contributed by atoms with van der Waals surface area (Å²) in [5, 5.41) is 0. The van der Waals surface area contributed by atoms with Crippen LogP contribution in [0.15, 0.2) is 67.3 Å². The van der Waals surface area contributed by atoms with Crippen LogP contribution in [0.1, 0.15) is 11.9 Å². The van der Waals surface area contributed by atoms with Gasteiger partial charge >= 0.3 is 0 Å². The van der Waals surface area contributed by atoms with Gasteiger partial charge in [0, 0.05) is 16.7 Å². The average Bonchev–Trinajstić information content (AvgIpc) is 2.85. The predicted molar refractivity (Wildman–Crippen MR) is 124 cm³/mol. The van der Waals surface area contributed by atoms with Crippen LogP contribution in [-0.4, -0.2) is 27.7 Å². The van der Waals surface area contributed by atoms with Gasteiger partial charge in [0.15, 0.2) is 17.9 Å². The van der Waals surface area contributed by atoms with Crippen molar-refractivity contribution < 1.29 is 27.4 Å². The number of ether oxygens (including phenoxy) is 3. The quantitative estimate of drug-likeness (QED) is 0.339. The summed E-state index contributed by atoms with van der Waals surface area (Å²) in [4.78, 5) is 0. The third-order valence-electron chi connectivity index (χ3n) is 5.72. The highest BCUT2D eigenvalue weighted by atomic mass is 19.2. The molecule has 170 valence electrons. The van der Waals surface area contributed by atoms with Crippen molar-refractivity contribution in [3.8, 4) is 28.0 Å². The maximum atomic E-state index is 14.9. The van der Waals surface area contributed by atoms with Crippen LogP contribution >= 0.6 is 0 Å². The van der Waals surface area contributed by atoms with Gasteiger partial charge in [-0.1, -0.05) is 55.4 Å². The molecule has 1 heterocycles. The molecule has 0 bridgehead atoms. The lowest BCUT2D eigenvalue weighted by atomic mass is 9.92. The second-order valence-electron chi connectivity index (χ2n) is 7.93. The van der Waals surface area contributed by atoms with Crippen LogP contribution in [-0.2, 0) is 9.47 Å². The second-order valence-corrected chi connectivity index (χ2v) is 7.93.